The van der Waals surface area contributed by atoms with Crippen molar-refractivity contribution in [2.45, 2.75) is 147 Å². The van der Waals surface area contributed by atoms with E-state index in [4.69, 9.17) is 0 Å². The first kappa shape index (κ1) is 27.9. The molecule has 0 bridgehead atoms. The van der Waals surface area contributed by atoms with E-state index in [1.54, 1.807) is 0 Å². The van der Waals surface area contributed by atoms with Gasteiger partial charge in [-0.2, -0.15) is 8.42 Å². The van der Waals surface area contributed by atoms with E-state index >= 15 is 0 Å². The number of hydrogen-bond donors (Lipinski definition) is 2. The maximum Gasteiger partial charge on any atom is 0.267 e. The third-order valence-corrected chi connectivity index (χ3v) is 7.05. The molecule has 0 heterocycles. The Morgan fingerprint density at radius 1 is 0.571 bits per heavy atom. The van der Waals surface area contributed by atoms with E-state index in [9.17, 15) is 18.1 Å². The van der Waals surface area contributed by atoms with Crippen molar-refractivity contribution in [3.63, 3.8) is 0 Å². The molecular formula is C23H48O4S. The van der Waals surface area contributed by atoms with E-state index < -0.39 is 15.4 Å². The van der Waals surface area contributed by atoms with E-state index in [0.29, 0.717) is 12.8 Å². The standard InChI is InChI=1S/C23H48O4S/c1-3-5-6-7-8-9-10-11-12-15-19-22(24)20-16-13-14-17-21-23(18-4-2)28(25,26)27/h22-24H,3-21H2,1-2H3,(H,25,26,27). The fraction of sp³-hybridized carbons (Fsp3) is 1.00. The topological polar surface area (TPSA) is 74.6 Å². The van der Waals surface area contributed by atoms with E-state index in [1.807, 2.05) is 6.92 Å². The predicted octanol–water partition coefficient (Wildman–Crippen LogP) is 7.06. The summed E-state index contributed by atoms with van der Waals surface area (Å²) in [6, 6.07) is 0. The lowest BCUT2D eigenvalue weighted by Crippen LogP contribution is -2.20. The quantitative estimate of drug-likeness (QED) is 0.154. The minimum atomic E-state index is -3.90. The molecule has 0 amide bonds. The zero-order chi connectivity index (χ0) is 21.1. The average Bonchev–Trinajstić information content (AvgIpc) is 2.64. The first-order valence-electron chi connectivity index (χ1n) is 12.1. The van der Waals surface area contributed by atoms with Gasteiger partial charge in [0.05, 0.1) is 11.4 Å². The van der Waals surface area contributed by atoms with Gasteiger partial charge in [0.2, 0.25) is 0 Å². The van der Waals surface area contributed by atoms with Crippen LogP contribution in [0, 0.1) is 0 Å². The van der Waals surface area contributed by atoms with Gasteiger partial charge in [-0.1, -0.05) is 110 Å². The second kappa shape index (κ2) is 18.9. The van der Waals surface area contributed by atoms with Crippen molar-refractivity contribution in [2.75, 3.05) is 0 Å². The highest BCUT2D eigenvalue weighted by Gasteiger charge is 2.21. The minimum Gasteiger partial charge on any atom is -0.393 e. The Morgan fingerprint density at radius 2 is 0.964 bits per heavy atom. The summed E-state index contributed by atoms with van der Waals surface area (Å²) in [7, 11) is -3.90. The maximum absolute atomic E-state index is 11.3. The van der Waals surface area contributed by atoms with Crippen molar-refractivity contribution in [1.82, 2.24) is 0 Å². The van der Waals surface area contributed by atoms with Crippen molar-refractivity contribution >= 4 is 10.1 Å². The van der Waals surface area contributed by atoms with Crippen LogP contribution in [-0.4, -0.2) is 29.4 Å². The van der Waals surface area contributed by atoms with Crippen LogP contribution in [0.15, 0.2) is 0 Å². The number of aliphatic hydroxyl groups is 1. The van der Waals surface area contributed by atoms with Crippen LogP contribution in [0.4, 0.5) is 0 Å². The van der Waals surface area contributed by atoms with Crippen LogP contribution in [0.5, 0.6) is 0 Å². The van der Waals surface area contributed by atoms with Crippen LogP contribution in [-0.2, 0) is 10.1 Å². The lowest BCUT2D eigenvalue weighted by Gasteiger charge is -2.13. The summed E-state index contributed by atoms with van der Waals surface area (Å²) in [5, 5.41) is 9.48. The molecule has 0 radical (unpaired) electrons. The molecule has 2 unspecified atom stereocenters. The average molecular weight is 421 g/mol. The third kappa shape index (κ3) is 17.9. The zero-order valence-electron chi connectivity index (χ0n) is 18.7. The van der Waals surface area contributed by atoms with Crippen molar-refractivity contribution in [3.8, 4) is 0 Å². The third-order valence-electron chi connectivity index (χ3n) is 5.74. The van der Waals surface area contributed by atoms with Crippen molar-refractivity contribution < 1.29 is 18.1 Å². The molecule has 2 atom stereocenters. The summed E-state index contributed by atoms with van der Waals surface area (Å²) < 4.78 is 31.8. The summed E-state index contributed by atoms with van der Waals surface area (Å²) in [4.78, 5) is 0. The number of unbranched alkanes of at least 4 members (excludes halogenated alkanes) is 12. The van der Waals surface area contributed by atoms with Crippen LogP contribution in [0.3, 0.4) is 0 Å². The Morgan fingerprint density at radius 3 is 1.36 bits per heavy atom. The number of rotatable bonds is 21. The van der Waals surface area contributed by atoms with Gasteiger partial charge in [0.1, 0.15) is 0 Å². The molecule has 0 aliphatic rings. The molecule has 0 rings (SSSR count). The van der Waals surface area contributed by atoms with Crippen LogP contribution < -0.4 is 0 Å². The lowest BCUT2D eigenvalue weighted by molar-refractivity contribution is 0.147. The molecular weight excluding hydrogens is 372 g/mol. The smallest absolute Gasteiger partial charge is 0.267 e. The Kier molecular flexibility index (Phi) is 18.8. The summed E-state index contributed by atoms with van der Waals surface area (Å²) in [6.45, 7) is 4.19. The molecule has 0 aliphatic heterocycles. The van der Waals surface area contributed by atoms with Gasteiger partial charge < -0.3 is 5.11 Å². The minimum absolute atomic E-state index is 0.181. The van der Waals surface area contributed by atoms with E-state index in [2.05, 4.69) is 6.92 Å². The lowest BCUT2D eigenvalue weighted by atomic mass is 10.0. The Balaban J connectivity index is 3.45. The number of aliphatic hydroxyl groups excluding tert-OH is 1. The zero-order valence-corrected chi connectivity index (χ0v) is 19.5. The molecule has 0 spiro atoms. The number of hydrogen-bond acceptors (Lipinski definition) is 3. The van der Waals surface area contributed by atoms with Gasteiger partial charge in [-0.3, -0.25) is 4.55 Å². The molecule has 0 saturated heterocycles. The summed E-state index contributed by atoms with van der Waals surface area (Å²) in [6.07, 6.45) is 20.5. The van der Waals surface area contributed by atoms with Gasteiger partial charge in [0, 0.05) is 0 Å². The first-order chi connectivity index (χ1) is 13.4. The molecule has 2 N–H and O–H groups in total. The molecule has 0 fully saturated rings. The van der Waals surface area contributed by atoms with Crippen LogP contribution in [0.2, 0.25) is 0 Å². The van der Waals surface area contributed by atoms with Gasteiger partial charge in [-0.15, -0.1) is 0 Å². The maximum atomic E-state index is 11.3. The molecule has 0 saturated carbocycles. The second-order valence-corrected chi connectivity index (χ2v) is 10.2. The first-order valence-corrected chi connectivity index (χ1v) is 13.6. The molecule has 0 aromatic rings. The van der Waals surface area contributed by atoms with Crippen molar-refractivity contribution in [2.24, 2.45) is 0 Å². The summed E-state index contributed by atoms with van der Waals surface area (Å²) in [5.41, 5.74) is 0. The monoisotopic (exact) mass is 420 g/mol. The molecule has 4 nitrogen and oxygen atoms in total. The van der Waals surface area contributed by atoms with Gasteiger partial charge in [-0.25, -0.2) is 0 Å². The highest BCUT2D eigenvalue weighted by Crippen LogP contribution is 2.18. The summed E-state index contributed by atoms with van der Waals surface area (Å²) >= 11 is 0. The van der Waals surface area contributed by atoms with Gasteiger partial charge in [-0.05, 0) is 25.7 Å². The Bertz CT molecular complexity index is 422. The highest BCUT2D eigenvalue weighted by molar-refractivity contribution is 7.86. The van der Waals surface area contributed by atoms with Crippen molar-refractivity contribution in [1.29, 1.82) is 0 Å². The van der Waals surface area contributed by atoms with E-state index in [0.717, 1.165) is 51.4 Å². The van der Waals surface area contributed by atoms with Crippen LogP contribution in [0.25, 0.3) is 0 Å². The Labute approximate surface area is 175 Å². The van der Waals surface area contributed by atoms with E-state index in [1.165, 1.54) is 57.8 Å². The largest absolute Gasteiger partial charge is 0.393 e. The molecule has 28 heavy (non-hydrogen) atoms. The van der Waals surface area contributed by atoms with Crippen LogP contribution >= 0.6 is 0 Å². The van der Waals surface area contributed by atoms with Gasteiger partial charge >= 0.3 is 0 Å². The predicted molar refractivity (Wildman–Crippen MR) is 120 cm³/mol. The van der Waals surface area contributed by atoms with Gasteiger partial charge in [0.25, 0.3) is 10.1 Å². The second-order valence-electron chi connectivity index (χ2n) is 8.54. The van der Waals surface area contributed by atoms with Crippen LogP contribution in [0.1, 0.15) is 136 Å². The molecule has 5 heteroatoms. The van der Waals surface area contributed by atoms with E-state index in [-0.39, 0.29) is 6.10 Å². The summed E-state index contributed by atoms with van der Waals surface area (Å²) in [5.74, 6) is 0. The van der Waals surface area contributed by atoms with Crippen molar-refractivity contribution in [3.05, 3.63) is 0 Å². The normalized spacial score (nSPS) is 14.3. The molecule has 0 aliphatic carbocycles. The highest BCUT2D eigenvalue weighted by atomic mass is 32.2. The fourth-order valence-electron chi connectivity index (χ4n) is 3.88. The SMILES string of the molecule is CCCCCCCCCCCCC(O)CCCCCCC(CCC)S(=O)(=O)O. The van der Waals surface area contributed by atoms with Gasteiger partial charge in [0.15, 0.2) is 0 Å². The fourth-order valence-corrected chi connectivity index (χ4v) is 4.88. The molecule has 170 valence electrons. The molecule has 0 aromatic carbocycles. The Hall–Kier alpha value is -0.130. The molecule has 0 aromatic heterocycles.